The summed E-state index contributed by atoms with van der Waals surface area (Å²) in [4.78, 5) is 15.9. The van der Waals surface area contributed by atoms with E-state index in [1.807, 2.05) is 41.8 Å². The summed E-state index contributed by atoms with van der Waals surface area (Å²) >= 11 is 3.08. The third kappa shape index (κ3) is 3.91. The average Bonchev–Trinajstić information content (AvgIpc) is 3.25. The molecule has 0 spiro atoms. The number of aryl methyl sites for hydroxylation is 1. The van der Waals surface area contributed by atoms with E-state index < -0.39 is 0 Å². The highest BCUT2D eigenvalue weighted by Gasteiger charge is 2.24. The summed E-state index contributed by atoms with van der Waals surface area (Å²) in [5.41, 5.74) is 1.76. The Morgan fingerprint density at radius 3 is 3.00 bits per heavy atom. The molecule has 27 heavy (non-hydrogen) atoms. The van der Waals surface area contributed by atoms with Gasteiger partial charge in [0.1, 0.15) is 5.76 Å². The van der Waals surface area contributed by atoms with E-state index in [0.29, 0.717) is 22.9 Å². The van der Waals surface area contributed by atoms with Gasteiger partial charge in [0.15, 0.2) is 0 Å². The zero-order valence-corrected chi connectivity index (χ0v) is 16.7. The van der Waals surface area contributed by atoms with Gasteiger partial charge in [0.25, 0.3) is 11.1 Å². The molecule has 1 aromatic carbocycles. The van der Waals surface area contributed by atoms with Crippen LogP contribution in [0.25, 0.3) is 11.5 Å². The highest BCUT2D eigenvalue weighted by molar-refractivity contribution is 8.00. The van der Waals surface area contributed by atoms with Crippen molar-refractivity contribution < 1.29 is 13.6 Å². The number of thioether (sulfide) groups is 2. The maximum Gasteiger partial charge on any atom is 0.277 e. The van der Waals surface area contributed by atoms with Crippen molar-refractivity contribution in [2.75, 3.05) is 17.2 Å². The molecule has 140 valence electrons. The zero-order valence-electron chi connectivity index (χ0n) is 15.0. The number of carbonyl (C=O) groups excluding carboxylic acids is 1. The normalized spacial score (nSPS) is 16.8. The summed E-state index contributed by atoms with van der Waals surface area (Å²) in [6, 6.07) is 9.86. The molecule has 0 fully saturated rings. The maximum atomic E-state index is 12.9. The molecule has 3 aromatic rings. The molecule has 0 aliphatic carbocycles. The minimum absolute atomic E-state index is 0.0430. The minimum atomic E-state index is 0.0430. The summed E-state index contributed by atoms with van der Waals surface area (Å²) in [5.74, 6) is 1.42. The van der Waals surface area contributed by atoms with Crippen LogP contribution in [0.4, 0.5) is 5.69 Å². The molecule has 0 unspecified atom stereocenters. The van der Waals surface area contributed by atoms with E-state index in [0.717, 1.165) is 28.3 Å². The smallest absolute Gasteiger partial charge is 0.277 e. The quantitative estimate of drug-likeness (QED) is 0.589. The molecule has 0 saturated carbocycles. The molecule has 0 saturated heterocycles. The number of hydrogen-bond acceptors (Lipinski definition) is 7. The van der Waals surface area contributed by atoms with Crippen LogP contribution in [0.2, 0.25) is 0 Å². The topological polar surface area (TPSA) is 72.4 Å². The lowest BCUT2D eigenvalue weighted by atomic mass is 10.2. The fourth-order valence-electron chi connectivity index (χ4n) is 2.93. The third-order valence-electron chi connectivity index (χ3n) is 4.36. The van der Waals surface area contributed by atoms with E-state index in [4.69, 9.17) is 8.83 Å². The Labute approximate surface area is 165 Å². The Morgan fingerprint density at radius 2 is 2.19 bits per heavy atom. The van der Waals surface area contributed by atoms with Crippen molar-refractivity contribution in [3.05, 3.63) is 42.4 Å². The van der Waals surface area contributed by atoms with Crippen molar-refractivity contribution in [3.63, 3.8) is 0 Å². The molecule has 1 aliphatic rings. The second-order valence-corrected chi connectivity index (χ2v) is 8.69. The van der Waals surface area contributed by atoms with Crippen LogP contribution in [-0.4, -0.2) is 33.7 Å². The molecule has 2 aromatic heterocycles. The van der Waals surface area contributed by atoms with Crippen molar-refractivity contribution >= 4 is 35.1 Å². The van der Waals surface area contributed by atoms with Crippen molar-refractivity contribution in [2.24, 2.45) is 0 Å². The number of amides is 1. The first-order valence-electron chi connectivity index (χ1n) is 8.68. The van der Waals surface area contributed by atoms with Crippen molar-refractivity contribution in [1.29, 1.82) is 0 Å². The number of hydrogen-bond donors (Lipinski definition) is 0. The van der Waals surface area contributed by atoms with Gasteiger partial charge in [0, 0.05) is 16.7 Å². The number of rotatable bonds is 4. The van der Waals surface area contributed by atoms with E-state index in [-0.39, 0.29) is 11.7 Å². The second kappa shape index (κ2) is 7.82. The monoisotopic (exact) mass is 401 g/mol. The average molecular weight is 402 g/mol. The highest BCUT2D eigenvalue weighted by Crippen LogP contribution is 2.37. The molecule has 0 bridgehead atoms. The largest absolute Gasteiger partial charge is 0.469 e. The Bertz CT molecular complexity index is 953. The molecule has 3 heterocycles. The van der Waals surface area contributed by atoms with Gasteiger partial charge in [-0.25, -0.2) is 0 Å². The molecule has 1 aliphatic heterocycles. The first-order valence-corrected chi connectivity index (χ1v) is 10.5. The lowest BCUT2D eigenvalue weighted by Gasteiger charge is -2.22. The Balaban J connectivity index is 1.46. The number of furan rings is 1. The van der Waals surface area contributed by atoms with Gasteiger partial charge in [-0.2, -0.15) is 0 Å². The summed E-state index contributed by atoms with van der Waals surface area (Å²) < 4.78 is 10.9. The van der Waals surface area contributed by atoms with Gasteiger partial charge in [0.2, 0.25) is 5.91 Å². The van der Waals surface area contributed by atoms with Gasteiger partial charge < -0.3 is 13.7 Å². The standard InChI is InChI=1S/C19H19N3O3S2/c1-12-7-9-22(15-5-3-4-6-16(15)27-12)17(23)11-26-19-21-20-18(25-19)14-8-10-24-13(14)2/h3-6,8,10,12H,7,9,11H2,1-2H3/t12-/m0/s1. The zero-order chi connectivity index (χ0) is 18.8. The lowest BCUT2D eigenvalue weighted by Crippen LogP contribution is -2.33. The van der Waals surface area contributed by atoms with Gasteiger partial charge in [-0.15, -0.1) is 22.0 Å². The van der Waals surface area contributed by atoms with Crippen molar-refractivity contribution in [3.8, 4) is 11.5 Å². The molecule has 0 N–H and O–H groups in total. The van der Waals surface area contributed by atoms with E-state index >= 15 is 0 Å². The second-order valence-electron chi connectivity index (χ2n) is 6.28. The van der Waals surface area contributed by atoms with E-state index in [1.54, 1.807) is 12.3 Å². The van der Waals surface area contributed by atoms with Crippen LogP contribution in [-0.2, 0) is 4.79 Å². The van der Waals surface area contributed by atoms with Crippen LogP contribution in [0.15, 0.2) is 55.5 Å². The van der Waals surface area contributed by atoms with Crippen LogP contribution in [0, 0.1) is 6.92 Å². The first-order chi connectivity index (χ1) is 13.1. The Kier molecular flexibility index (Phi) is 5.27. The van der Waals surface area contributed by atoms with Gasteiger partial charge in [0.05, 0.1) is 23.3 Å². The summed E-state index contributed by atoms with van der Waals surface area (Å²) in [6.07, 6.45) is 2.54. The Hall–Kier alpha value is -2.19. The van der Waals surface area contributed by atoms with Crippen LogP contribution in [0.5, 0.6) is 0 Å². The summed E-state index contributed by atoms with van der Waals surface area (Å²) in [7, 11) is 0. The summed E-state index contributed by atoms with van der Waals surface area (Å²) in [6.45, 7) is 4.75. The number of fused-ring (bicyclic) bond motifs is 1. The number of carbonyl (C=O) groups is 1. The number of aromatic nitrogens is 2. The molecule has 1 atom stereocenters. The number of nitrogens with zero attached hydrogens (tertiary/aromatic N) is 3. The third-order valence-corrected chi connectivity index (χ3v) is 6.40. The molecular weight excluding hydrogens is 382 g/mol. The predicted octanol–water partition coefficient (Wildman–Crippen LogP) is 4.65. The van der Waals surface area contributed by atoms with Crippen LogP contribution < -0.4 is 4.90 Å². The Morgan fingerprint density at radius 1 is 1.33 bits per heavy atom. The first kappa shape index (κ1) is 18.2. The van der Waals surface area contributed by atoms with Gasteiger partial charge in [-0.3, -0.25) is 4.79 Å². The van der Waals surface area contributed by atoms with Crippen LogP contribution >= 0.6 is 23.5 Å². The maximum absolute atomic E-state index is 12.9. The fraction of sp³-hybridized carbons (Fsp3) is 0.316. The molecule has 8 heteroatoms. The van der Waals surface area contributed by atoms with E-state index in [9.17, 15) is 4.79 Å². The number of benzene rings is 1. The van der Waals surface area contributed by atoms with Crippen molar-refractivity contribution in [2.45, 2.75) is 35.6 Å². The van der Waals surface area contributed by atoms with Gasteiger partial charge in [-0.05, 0) is 31.5 Å². The SMILES string of the molecule is Cc1occc1-c1nnc(SCC(=O)N2CC[C@H](C)Sc3ccccc32)o1. The fourth-order valence-corrected chi connectivity index (χ4v) is 4.68. The number of para-hydroxylation sites is 1. The molecule has 6 nitrogen and oxygen atoms in total. The molecular formula is C19H19N3O3S2. The lowest BCUT2D eigenvalue weighted by molar-refractivity contribution is -0.116. The summed E-state index contributed by atoms with van der Waals surface area (Å²) in [5, 5.41) is 8.94. The van der Waals surface area contributed by atoms with Crippen molar-refractivity contribution in [1.82, 2.24) is 10.2 Å². The van der Waals surface area contributed by atoms with Gasteiger partial charge in [-0.1, -0.05) is 30.8 Å². The van der Waals surface area contributed by atoms with E-state index in [2.05, 4.69) is 23.2 Å². The van der Waals surface area contributed by atoms with Gasteiger partial charge >= 0.3 is 0 Å². The highest BCUT2D eigenvalue weighted by atomic mass is 32.2. The van der Waals surface area contributed by atoms with Crippen LogP contribution in [0.1, 0.15) is 19.1 Å². The predicted molar refractivity (Wildman–Crippen MR) is 106 cm³/mol. The van der Waals surface area contributed by atoms with E-state index in [1.165, 1.54) is 11.8 Å². The molecule has 0 radical (unpaired) electrons. The number of anilines is 1. The molecule has 1 amide bonds. The van der Waals surface area contributed by atoms with Crippen LogP contribution in [0.3, 0.4) is 0 Å². The molecule has 4 rings (SSSR count). The minimum Gasteiger partial charge on any atom is -0.469 e.